The number of benzene rings is 1. The number of halogens is 1. The first-order chi connectivity index (χ1) is 8.58. The smallest absolute Gasteiger partial charge is 0.261 e. The van der Waals surface area contributed by atoms with Gasteiger partial charge in [0, 0.05) is 27.7 Å². The Bertz CT molecular complexity index is 649. The maximum atomic E-state index is 11.9. The monoisotopic (exact) mass is 354 g/mol. The summed E-state index contributed by atoms with van der Waals surface area (Å²) in [6.07, 6.45) is 2.90. The fourth-order valence-corrected chi connectivity index (χ4v) is 2.20. The summed E-state index contributed by atoms with van der Waals surface area (Å²) in [5.41, 5.74) is 1.48. The second-order valence-corrected chi connectivity index (χ2v) is 5.08. The highest BCUT2D eigenvalue weighted by Gasteiger charge is 2.10. The van der Waals surface area contributed by atoms with Gasteiger partial charge in [0.15, 0.2) is 5.43 Å². The predicted molar refractivity (Wildman–Crippen MR) is 78.9 cm³/mol. The number of aromatic amines is 1. The quantitative estimate of drug-likeness (QED) is 0.815. The van der Waals surface area contributed by atoms with E-state index in [1.807, 2.05) is 25.1 Å². The molecule has 5 heteroatoms. The van der Waals surface area contributed by atoms with Gasteiger partial charge in [0.2, 0.25) is 0 Å². The molecule has 18 heavy (non-hydrogen) atoms. The van der Waals surface area contributed by atoms with Gasteiger partial charge in [-0.1, -0.05) is 0 Å². The lowest BCUT2D eigenvalue weighted by molar-refractivity contribution is 0.102. The van der Waals surface area contributed by atoms with E-state index in [-0.39, 0.29) is 11.0 Å². The average Bonchev–Trinajstić information content (AvgIpc) is 2.33. The molecule has 2 aromatic rings. The van der Waals surface area contributed by atoms with Crippen molar-refractivity contribution in [3.8, 4) is 0 Å². The molecule has 0 saturated heterocycles. The summed E-state index contributed by atoms with van der Waals surface area (Å²) < 4.78 is 1.10. The standard InChI is InChI=1S/C13H11IN2O2/c1-8-6-9(14)2-3-11(8)16-13(18)10-7-15-5-4-12(10)17/h2-7H,1H3,(H,15,17)(H,16,18). The fourth-order valence-electron chi connectivity index (χ4n) is 1.55. The molecule has 0 aliphatic rings. The minimum atomic E-state index is -0.402. The van der Waals surface area contributed by atoms with E-state index >= 15 is 0 Å². The van der Waals surface area contributed by atoms with Gasteiger partial charge in [0.05, 0.1) is 0 Å². The Balaban J connectivity index is 2.27. The molecule has 0 saturated carbocycles. The van der Waals surface area contributed by atoms with Crippen molar-refractivity contribution in [2.45, 2.75) is 6.92 Å². The summed E-state index contributed by atoms with van der Waals surface area (Å²) in [6, 6.07) is 7.02. The lowest BCUT2D eigenvalue weighted by atomic mass is 10.2. The Morgan fingerprint density at radius 3 is 2.78 bits per heavy atom. The van der Waals surface area contributed by atoms with Gasteiger partial charge in [-0.15, -0.1) is 0 Å². The minimum absolute atomic E-state index is 0.107. The highest BCUT2D eigenvalue weighted by atomic mass is 127. The van der Waals surface area contributed by atoms with Gasteiger partial charge in [0.25, 0.3) is 5.91 Å². The van der Waals surface area contributed by atoms with Crippen LogP contribution in [0.5, 0.6) is 0 Å². The summed E-state index contributed by atoms with van der Waals surface area (Å²) in [5.74, 6) is -0.402. The number of carbonyl (C=O) groups is 1. The van der Waals surface area contributed by atoms with Gasteiger partial charge in [-0.3, -0.25) is 9.59 Å². The second-order valence-electron chi connectivity index (χ2n) is 3.84. The Morgan fingerprint density at radius 1 is 1.33 bits per heavy atom. The molecule has 0 spiro atoms. The predicted octanol–water partition coefficient (Wildman–Crippen LogP) is 2.54. The third-order valence-corrected chi connectivity index (χ3v) is 3.18. The number of rotatable bonds is 2. The van der Waals surface area contributed by atoms with Gasteiger partial charge in [-0.05, 0) is 53.3 Å². The van der Waals surface area contributed by atoms with Gasteiger partial charge in [-0.2, -0.15) is 0 Å². The SMILES string of the molecule is Cc1cc(I)ccc1NC(=O)c1c[nH]ccc1=O. The molecule has 0 aliphatic heterocycles. The van der Waals surface area contributed by atoms with Crippen LogP contribution < -0.4 is 10.7 Å². The van der Waals surface area contributed by atoms with Crippen molar-refractivity contribution in [3.63, 3.8) is 0 Å². The van der Waals surface area contributed by atoms with Crippen molar-refractivity contribution in [1.29, 1.82) is 0 Å². The number of carbonyl (C=O) groups excluding carboxylic acids is 1. The number of amides is 1. The number of hydrogen-bond acceptors (Lipinski definition) is 2. The summed E-state index contributed by atoms with van der Waals surface area (Å²) in [4.78, 5) is 26.2. The fraction of sp³-hybridized carbons (Fsp3) is 0.0769. The second kappa shape index (κ2) is 5.34. The Hall–Kier alpha value is -1.63. The van der Waals surface area contributed by atoms with Gasteiger partial charge >= 0.3 is 0 Å². The molecule has 0 atom stereocenters. The van der Waals surface area contributed by atoms with E-state index < -0.39 is 5.91 Å². The average molecular weight is 354 g/mol. The summed E-state index contributed by atoms with van der Waals surface area (Å²) in [5, 5.41) is 2.73. The summed E-state index contributed by atoms with van der Waals surface area (Å²) >= 11 is 2.20. The van der Waals surface area contributed by atoms with E-state index in [1.54, 1.807) is 0 Å². The van der Waals surface area contributed by atoms with Crippen molar-refractivity contribution >= 4 is 34.2 Å². The zero-order chi connectivity index (χ0) is 13.1. The van der Waals surface area contributed by atoms with E-state index in [1.165, 1.54) is 18.5 Å². The minimum Gasteiger partial charge on any atom is -0.367 e. The number of anilines is 1. The number of aryl methyl sites for hydroxylation is 1. The van der Waals surface area contributed by atoms with Crippen LogP contribution >= 0.6 is 22.6 Å². The number of nitrogens with one attached hydrogen (secondary N) is 2. The van der Waals surface area contributed by atoms with Crippen LogP contribution in [0.15, 0.2) is 41.5 Å². The summed E-state index contributed by atoms with van der Waals surface area (Å²) in [7, 11) is 0. The van der Waals surface area contributed by atoms with Crippen LogP contribution in [0.4, 0.5) is 5.69 Å². The molecule has 2 rings (SSSR count). The van der Waals surface area contributed by atoms with Crippen molar-refractivity contribution < 1.29 is 4.79 Å². The lowest BCUT2D eigenvalue weighted by Gasteiger charge is -2.08. The zero-order valence-electron chi connectivity index (χ0n) is 9.66. The molecule has 4 nitrogen and oxygen atoms in total. The molecule has 0 fully saturated rings. The number of aromatic nitrogens is 1. The van der Waals surface area contributed by atoms with Crippen LogP contribution in [0.25, 0.3) is 0 Å². The largest absolute Gasteiger partial charge is 0.367 e. The molecule has 0 unspecified atom stereocenters. The first kappa shape index (κ1) is 12.8. The van der Waals surface area contributed by atoms with E-state index in [4.69, 9.17) is 0 Å². The van der Waals surface area contributed by atoms with Crippen LogP contribution in [-0.4, -0.2) is 10.9 Å². The number of H-pyrrole nitrogens is 1. The third-order valence-electron chi connectivity index (χ3n) is 2.51. The maximum Gasteiger partial charge on any atom is 0.261 e. The van der Waals surface area contributed by atoms with Crippen molar-refractivity contribution in [2.75, 3.05) is 5.32 Å². The molecule has 1 heterocycles. The Labute approximate surface area is 118 Å². The van der Waals surface area contributed by atoms with E-state index in [0.29, 0.717) is 5.69 Å². The molecule has 1 amide bonds. The molecule has 0 bridgehead atoms. The molecular weight excluding hydrogens is 343 g/mol. The van der Waals surface area contributed by atoms with E-state index in [2.05, 4.69) is 32.9 Å². The van der Waals surface area contributed by atoms with Gasteiger partial charge in [-0.25, -0.2) is 0 Å². The molecule has 92 valence electrons. The molecule has 0 aliphatic carbocycles. The normalized spacial score (nSPS) is 10.1. The lowest BCUT2D eigenvalue weighted by Crippen LogP contribution is -2.21. The Kier molecular flexibility index (Phi) is 3.81. The number of pyridine rings is 1. The first-order valence-electron chi connectivity index (χ1n) is 5.32. The maximum absolute atomic E-state index is 11.9. The van der Waals surface area contributed by atoms with Crippen LogP contribution in [0.3, 0.4) is 0 Å². The van der Waals surface area contributed by atoms with Crippen molar-refractivity contribution in [2.24, 2.45) is 0 Å². The molecule has 0 radical (unpaired) electrons. The zero-order valence-corrected chi connectivity index (χ0v) is 11.8. The molecule has 1 aromatic carbocycles. The number of hydrogen-bond donors (Lipinski definition) is 2. The third kappa shape index (κ3) is 2.79. The van der Waals surface area contributed by atoms with Crippen molar-refractivity contribution in [3.05, 3.63) is 61.6 Å². The van der Waals surface area contributed by atoms with Crippen LogP contribution in [0, 0.1) is 10.5 Å². The van der Waals surface area contributed by atoms with E-state index in [0.717, 1.165) is 9.13 Å². The summed E-state index contributed by atoms with van der Waals surface area (Å²) in [6.45, 7) is 1.91. The highest BCUT2D eigenvalue weighted by Crippen LogP contribution is 2.18. The molecule has 1 aromatic heterocycles. The highest BCUT2D eigenvalue weighted by molar-refractivity contribution is 14.1. The van der Waals surface area contributed by atoms with Gasteiger partial charge in [0.1, 0.15) is 5.56 Å². The van der Waals surface area contributed by atoms with Crippen LogP contribution in [-0.2, 0) is 0 Å². The van der Waals surface area contributed by atoms with Crippen LogP contribution in [0.1, 0.15) is 15.9 Å². The topological polar surface area (TPSA) is 62.0 Å². The Morgan fingerprint density at radius 2 is 2.11 bits per heavy atom. The first-order valence-corrected chi connectivity index (χ1v) is 6.40. The van der Waals surface area contributed by atoms with Gasteiger partial charge < -0.3 is 10.3 Å². The van der Waals surface area contributed by atoms with Crippen molar-refractivity contribution in [1.82, 2.24) is 4.98 Å². The molecule has 2 N–H and O–H groups in total. The van der Waals surface area contributed by atoms with Crippen LogP contribution in [0.2, 0.25) is 0 Å². The van der Waals surface area contributed by atoms with E-state index in [9.17, 15) is 9.59 Å². The molecular formula is C13H11IN2O2.